The van der Waals surface area contributed by atoms with Crippen molar-refractivity contribution in [3.05, 3.63) is 0 Å². The molecule has 6 heteroatoms. The third-order valence-electron chi connectivity index (χ3n) is 3.52. The molecular formula is C11H21NO4S. The van der Waals surface area contributed by atoms with Gasteiger partial charge in [0.25, 0.3) is 0 Å². The number of hydrogen-bond acceptors (Lipinski definition) is 4. The maximum atomic E-state index is 11.6. The van der Waals surface area contributed by atoms with Crippen LogP contribution in [-0.2, 0) is 14.6 Å². The lowest BCUT2D eigenvalue weighted by Gasteiger charge is -2.29. The molecular weight excluding hydrogens is 242 g/mol. The summed E-state index contributed by atoms with van der Waals surface area (Å²) < 4.78 is 23.3. The lowest BCUT2D eigenvalue weighted by atomic mass is 10.1. The summed E-state index contributed by atoms with van der Waals surface area (Å²) in [5.41, 5.74) is 0. The van der Waals surface area contributed by atoms with E-state index in [0.717, 1.165) is 12.8 Å². The van der Waals surface area contributed by atoms with E-state index in [9.17, 15) is 13.2 Å². The predicted octanol–water partition coefficient (Wildman–Crippen LogP) is 0.605. The van der Waals surface area contributed by atoms with Gasteiger partial charge in [-0.15, -0.1) is 0 Å². The molecule has 5 nitrogen and oxygen atoms in total. The van der Waals surface area contributed by atoms with Crippen molar-refractivity contribution in [1.82, 2.24) is 4.90 Å². The van der Waals surface area contributed by atoms with Crippen molar-refractivity contribution >= 4 is 15.8 Å². The van der Waals surface area contributed by atoms with Crippen LogP contribution in [0, 0.1) is 5.92 Å². The van der Waals surface area contributed by atoms with Gasteiger partial charge in [0.05, 0.1) is 11.2 Å². The summed E-state index contributed by atoms with van der Waals surface area (Å²) in [6.45, 7) is 2.04. The normalized spacial score (nSPS) is 27.3. The average Bonchev–Trinajstić information content (AvgIpc) is 2.64. The van der Waals surface area contributed by atoms with E-state index in [-0.39, 0.29) is 11.3 Å². The Hall–Kier alpha value is -0.620. The maximum Gasteiger partial charge on any atom is 0.307 e. The number of sulfone groups is 1. The van der Waals surface area contributed by atoms with E-state index < -0.39 is 21.7 Å². The summed E-state index contributed by atoms with van der Waals surface area (Å²) >= 11 is 0. The zero-order valence-electron chi connectivity index (χ0n) is 10.6. The van der Waals surface area contributed by atoms with E-state index in [1.165, 1.54) is 6.26 Å². The Balaban J connectivity index is 2.69. The zero-order chi connectivity index (χ0) is 13.2. The molecule has 0 bridgehead atoms. The molecule has 1 saturated carbocycles. The van der Waals surface area contributed by atoms with E-state index in [0.29, 0.717) is 13.0 Å². The first kappa shape index (κ1) is 14.4. The van der Waals surface area contributed by atoms with Crippen molar-refractivity contribution in [1.29, 1.82) is 0 Å². The highest BCUT2D eigenvalue weighted by Gasteiger charge is 2.37. The van der Waals surface area contributed by atoms with Crippen molar-refractivity contribution in [3.63, 3.8) is 0 Å². The van der Waals surface area contributed by atoms with Crippen molar-refractivity contribution in [2.75, 3.05) is 19.8 Å². The number of nitrogens with zero attached hydrogens (tertiary/aromatic N) is 1. The number of rotatable bonds is 5. The quantitative estimate of drug-likeness (QED) is 0.786. The molecule has 0 radical (unpaired) electrons. The fourth-order valence-corrected chi connectivity index (χ4v) is 4.06. The first-order chi connectivity index (χ1) is 7.73. The molecule has 3 unspecified atom stereocenters. The third-order valence-corrected chi connectivity index (χ3v) is 5.17. The minimum absolute atomic E-state index is 0.0354. The summed E-state index contributed by atoms with van der Waals surface area (Å²) in [5.74, 6) is -1.31. The van der Waals surface area contributed by atoms with Gasteiger partial charge in [-0.05, 0) is 19.9 Å². The van der Waals surface area contributed by atoms with Crippen LogP contribution in [0.4, 0.5) is 0 Å². The van der Waals surface area contributed by atoms with Gasteiger partial charge in [-0.25, -0.2) is 8.42 Å². The molecule has 0 aromatic carbocycles. The molecule has 100 valence electrons. The van der Waals surface area contributed by atoms with Crippen molar-refractivity contribution < 1.29 is 18.3 Å². The number of aliphatic carboxylic acids is 1. The first-order valence-corrected chi connectivity index (χ1v) is 7.81. The van der Waals surface area contributed by atoms with Crippen LogP contribution in [0.5, 0.6) is 0 Å². The van der Waals surface area contributed by atoms with Gasteiger partial charge in [0.1, 0.15) is 0 Å². The maximum absolute atomic E-state index is 11.6. The highest BCUT2D eigenvalue weighted by molar-refractivity contribution is 7.91. The largest absolute Gasteiger partial charge is 0.481 e. The molecule has 0 aliphatic heterocycles. The van der Waals surface area contributed by atoms with Crippen LogP contribution in [0.2, 0.25) is 0 Å². The first-order valence-electron chi connectivity index (χ1n) is 5.85. The zero-order valence-corrected chi connectivity index (χ0v) is 11.4. The van der Waals surface area contributed by atoms with E-state index in [2.05, 4.69) is 0 Å². The van der Waals surface area contributed by atoms with Crippen LogP contribution < -0.4 is 0 Å². The van der Waals surface area contributed by atoms with Crippen molar-refractivity contribution in [3.8, 4) is 0 Å². The molecule has 0 saturated heterocycles. The lowest BCUT2D eigenvalue weighted by Crippen LogP contribution is -2.44. The second-order valence-electron chi connectivity index (χ2n) is 5.05. The number of carbonyl (C=O) groups is 1. The molecule has 0 aromatic rings. The molecule has 0 amide bonds. The molecule has 0 spiro atoms. The van der Waals surface area contributed by atoms with Crippen LogP contribution in [0.1, 0.15) is 26.2 Å². The fraction of sp³-hybridized carbons (Fsp3) is 0.909. The minimum atomic E-state index is -3.04. The standard InChI is InChI=1S/C11H21NO4S/c1-8(11(13)14)7-12(2)9-5-4-6-10(9)17(3,15)16/h8-10H,4-7H2,1-3H3,(H,13,14). The van der Waals surface area contributed by atoms with Crippen LogP contribution in [-0.4, -0.2) is 55.5 Å². The lowest BCUT2D eigenvalue weighted by molar-refractivity contribution is -0.141. The average molecular weight is 263 g/mol. The Labute approximate surface area is 103 Å². The molecule has 1 aliphatic rings. The van der Waals surface area contributed by atoms with E-state index in [1.54, 1.807) is 6.92 Å². The monoisotopic (exact) mass is 263 g/mol. The molecule has 1 fully saturated rings. The topological polar surface area (TPSA) is 74.7 Å². The van der Waals surface area contributed by atoms with Gasteiger partial charge < -0.3 is 10.0 Å². The summed E-state index contributed by atoms with van der Waals surface area (Å²) in [4.78, 5) is 12.7. The van der Waals surface area contributed by atoms with Gasteiger partial charge in [0.2, 0.25) is 0 Å². The van der Waals surface area contributed by atoms with Crippen LogP contribution in [0.3, 0.4) is 0 Å². The molecule has 3 atom stereocenters. The Bertz CT molecular complexity index is 379. The van der Waals surface area contributed by atoms with E-state index in [1.807, 2.05) is 11.9 Å². The van der Waals surface area contributed by atoms with Crippen molar-refractivity contribution in [2.24, 2.45) is 5.92 Å². The minimum Gasteiger partial charge on any atom is -0.481 e. The van der Waals surface area contributed by atoms with Crippen LogP contribution in [0.25, 0.3) is 0 Å². The van der Waals surface area contributed by atoms with Gasteiger partial charge in [0, 0.05) is 18.8 Å². The Morgan fingerprint density at radius 2 is 2.06 bits per heavy atom. The van der Waals surface area contributed by atoms with Crippen LogP contribution in [0.15, 0.2) is 0 Å². The Kier molecular flexibility index (Phi) is 4.55. The number of carboxylic acids is 1. The Morgan fingerprint density at radius 3 is 2.53 bits per heavy atom. The van der Waals surface area contributed by atoms with E-state index in [4.69, 9.17) is 5.11 Å². The molecule has 1 rings (SSSR count). The summed E-state index contributed by atoms with van der Waals surface area (Å²) in [6.07, 6.45) is 3.69. The number of carboxylic acid groups (broad SMARTS) is 1. The number of hydrogen-bond donors (Lipinski definition) is 1. The summed E-state index contributed by atoms with van der Waals surface area (Å²) in [6, 6.07) is -0.0354. The van der Waals surface area contributed by atoms with E-state index >= 15 is 0 Å². The van der Waals surface area contributed by atoms with Gasteiger partial charge in [-0.1, -0.05) is 13.3 Å². The van der Waals surface area contributed by atoms with Crippen LogP contribution >= 0.6 is 0 Å². The summed E-state index contributed by atoms with van der Waals surface area (Å²) in [5, 5.41) is 8.52. The van der Waals surface area contributed by atoms with Gasteiger partial charge in [0.15, 0.2) is 9.84 Å². The molecule has 1 aliphatic carbocycles. The van der Waals surface area contributed by atoms with Gasteiger partial charge in [-0.2, -0.15) is 0 Å². The smallest absolute Gasteiger partial charge is 0.307 e. The molecule has 1 N–H and O–H groups in total. The molecule has 0 heterocycles. The van der Waals surface area contributed by atoms with Gasteiger partial charge >= 0.3 is 5.97 Å². The fourth-order valence-electron chi connectivity index (χ4n) is 2.56. The molecule has 0 aromatic heterocycles. The van der Waals surface area contributed by atoms with Crippen molar-refractivity contribution in [2.45, 2.75) is 37.5 Å². The SMILES string of the molecule is CC(CN(C)C1CCCC1S(C)(=O)=O)C(=O)O. The molecule has 17 heavy (non-hydrogen) atoms. The second kappa shape index (κ2) is 5.35. The van der Waals surface area contributed by atoms with Gasteiger partial charge in [-0.3, -0.25) is 4.79 Å². The third kappa shape index (κ3) is 3.67. The summed E-state index contributed by atoms with van der Waals surface area (Å²) in [7, 11) is -1.23. The highest BCUT2D eigenvalue weighted by atomic mass is 32.2. The predicted molar refractivity (Wildman–Crippen MR) is 65.7 cm³/mol. The highest BCUT2D eigenvalue weighted by Crippen LogP contribution is 2.28. The second-order valence-corrected chi connectivity index (χ2v) is 7.31. The Morgan fingerprint density at radius 1 is 1.47 bits per heavy atom.